The maximum absolute atomic E-state index is 13.3. The van der Waals surface area contributed by atoms with Crippen molar-refractivity contribution in [2.45, 2.75) is 0 Å². The largest absolute Gasteiger partial charge is 0.425 e. The van der Waals surface area contributed by atoms with Crippen molar-refractivity contribution in [3.63, 3.8) is 0 Å². The quantitative estimate of drug-likeness (QED) is 0.384. The van der Waals surface area contributed by atoms with E-state index >= 15 is 0 Å². The molecule has 0 saturated carbocycles. The highest BCUT2D eigenvalue weighted by atomic mass is 79.9. The molecule has 30 heavy (non-hydrogen) atoms. The van der Waals surface area contributed by atoms with Crippen LogP contribution in [0.1, 0.15) is 0 Å². The predicted molar refractivity (Wildman–Crippen MR) is 126 cm³/mol. The molecule has 1 N–H and O–H groups in total. The van der Waals surface area contributed by atoms with E-state index in [9.17, 15) is 10.0 Å². The first-order valence-corrected chi connectivity index (χ1v) is 10.3. The van der Waals surface area contributed by atoms with E-state index in [1.165, 1.54) is 0 Å². The van der Waals surface area contributed by atoms with Gasteiger partial charge in [0.15, 0.2) is 0 Å². The summed E-state index contributed by atoms with van der Waals surface area (Å²) in [5.41, 5.74) is 4.71. The van der Waals surface area contributed by atoms with Crippen LogP contribution in [0.3, 0.4) is 0 Å². The van der Waals surface area contributed by atoms with Crippen LogP contribution in [0.15, 0.2) is 94.2 Å². The van der Waals surface area contributed by atoms with Crippen molar-refractivity contribution in [3.8, 4) is 33.5 Å². The molecule has 0 aliphatic rings. The Bertz CT molecular complexity index is 1230. The lowest BCUT2D eigenvalue weighted by Crippen LogP contribution is -2.22. The zero-order chi connectivity index (χ0) is 21.3. The maximum atomic E-state index is 13.3. The van der Waals surface area contributed by atoms with Gasteiger partial charge in [-0.25, -0.2) is 0 Å². The van der Waals surface area contributed by atoms with Gasteiger partial charge in [-0.15, -0.1) is 4.73 Å². The second kappa shape index (κ2) is 8.20. The normalized spacial score (nSPS) is 10.8. The number of rotatable bonds is 4. The van der Waals surface area contributed by atoms with Crippen LogP contribution in [0, 0.1) is 0 Å². The third-order valence-electron chi connectivity index (χ3n) is 5.08. The molecule has 0 bridgehead atoms. The van der Waals surface area contributed by atoms with Gasteiger partial charge in [0, 0.05) is 29.8 Å². The first-order valence-electron chi connectivity index (χ1n) is 9.54. The van der Waals surface area contributed by atoms with Crippen LogP contribution in [0.4, 0.5) is 5.69 Å². The summed E-state index contributed by atoms with van der Waals surface area (Å²) in [7, 11) is 3.94. The molecule has 0 unspecified atom stereocenters. The number of halogens is 1. The average Bonchev–Trinajstić information content (AvgIpc) is 2.77. The minimum absolute atomic E-state index is 0.449. The predicted octanol–water partition coefficient (Wildman–Crippen LogP) is 5.92. The van der Waals surface area contributed by atoms with Crippen LogP contribution in [0.2, 0.25) is 0 Å². The van der Waals surface area contributed by atoms with Crippen molar-refractivity contribution in [1.29, 1.82) is 0 Å². The van der Waals surface area contributed by atoms with E-state index in [2.05, 4.69) is 15.9 Å². The molecule has 4 nitrogen and oxygen atoms in total. The lowest BCUT2D eigenvalue weighted by atomic mass is 9.94. The van der Waals surface area contributed by atoms with Crippen LogP contribution in [0.25, 0.3) is 33.5 Å². The van der Waals surface area contributed by atoms with E-state index in [0.717, 1.165) is 37.1 Å². The molecular weight excluding hydrogens is 440 g/mol. The van der Waals surface area contributed by atoms with Gasteiger partial charge in [-0.1, -0.05) is 70.5 Å². The highest BCUT2D eigenvalue weighted by Crippen LogP contribution is 2.33. The molecule has 5 heteroatoms. The Labute approximate surface area is 183 Å². The Morgan fingerprint density at radius 3 is 2.00 bits per heavy atom. The van der Waals surface area contributed by atoms with Gasteiger partial charge < -0.3 is 10.1 Å². The lowest BCUT2D eigenvalue weighted by molar-refractivity contribution is 0.180. The van der Waals surface area contributed by atoms with Crippen molar-refractivity contribution >= 4 is 21.6 Å². The smallest absolute Gasteiger partial charge is 0.291 e. The van der Waals surface area contributed by atoms with Gasteiger partial charge in [0.05, 0.1) is 11.3 Å². The highest BCUT2D eigenvalue weighted by molar-refractivity contribution is 9.10. The van der Waals surface area contributed by atoms with Gasteiger partial charge in [-0.05, 0) is 47.0 Å². The summed E-state index contributed by atoms with van der Waals surface area (Å²) in [6.45, 7) is 0. The van der Waals surface area contributed by atoms with Crippen molar-refractivity contribution in [1.82, 2.24) is 4.73 Å². The summed E-state index contributed by atoms with van der Waals surface area (Å²) in [6.07, 6.45) is 0. The first-order chi connectivity index (χ1) is 14.5. The zero-order valence-corrected chi connectivity index (χ0v) is 18.3. The molecule has 4 aromatic rings. The van der Waals surface area contributed by atoms with E-state index in [1.807, 2.05) is 104 Å². The van der Waals surface area contributed by atoms with E-state index in [0.29, 0.717) is 11.3 Å². The first kappa shape index (κ1) is 20.0. The number of benzene rings is 3. The van der Waals surface area contributed by atoms with Crippen LogP contribution >= 0.6 is 15.9 Å². The summed E-state index contributed by atoms with van der Waals surface area (Å²) >= 11 is 3.44. The Kier molecular flexibility index (Phi) is 5.46. The van der Waals surface area contributed by atoms with Crippen LogP contribution in [-0.4, -0.2) is 24.0 Å². The van der Waals surface area contributed by atoms with Gasteiger partial charge in [0.1, 0.15) is 0 Å². The Balaban J connectivity index is 1.97. The fourth-order valence-electron chi connectivity index (χ4n) is 3.48. The van der Waals surface area contributed by atoms with Crippen molar-refractivity contribution in [3.05, 3.63) is 99.8 Å². The van der Waals surface area contributed by atoms with E-state index in [-0.39, 0.29) is 0 Å². The van der Waals surface area contributed by atoms with Gasteiger partial charge in [-0.2, -0.15) is 0 Å². The third kappa shape index (κ3) is 3.76. The van der Waals surface area contributed by atoms with Gasteiger partial charge >= 0.3 is 0 Å². The van der Waals surface area contributed by atoms with Gasteiger partial charge in [0.25, 0.3) is 5.56 Å². The van der Waals surface area contributed by atoms with Crippen molar-refractivity contribution in [2.75, 3.05) is 19.0 Å². The molecule has 1 aromatic heterocycles. The van der Waals surface area contributed by atoms with Crippen LogP contribution in [0.5, 0.6) is 0 Å². The zero-order valence-electron chi connectivity index (χ0n) is 16.7. The minimum atomic E-state index is -0.453. The Morgan fingerprint density at radius 1 is 0.800 bits per heavy atom. The number of anilines is 1. The molecule has 4 rings (SSSR count). The number of hydrogen-bond donors (Lipinski definition) is 1. The standard InChI is InChI=1S/C25H21BrN2O2/c1-27(2)21-14-10-18(11-15-21)23-16-22(17-6-4-3-5-7-17)24(25(29)28(23)30)19-8-12-20(26)13-9-19/h3-16,30H,1-2H3. The van der Waals surface area contributed by atoms with Crippen LogP contribution < -0.4 is 10.5 Å². The monoisotopic (exact) mass is 460 g/mol. The fourth-order valence-corrected chi connectivity index (χ4v) is 3.74. The molecule has 0 fully saturated rings. The highest BCUT2D eigenvalue weighted by Gasteiger charge is 2.18. The second-order valence-electron chi connectivity index (χ2n) is 7.25. The average molecular weight is 461 g/mol. The molecule has 0 aliphatic carbocycles. The molecule has 0 atom stereocenters. The number of aromatic nitrogens is 1. The fraction of sp³-hybridized carbons (Fsp3) is 0.0800. The molecule has 1 heterocycles. The lowest BCUT2D eigenvalue weighted by Gasteiger charge is -2.16. The molecule has 0 radical (unpaired) electrons. The number of pyridine rings is 1. The van der Waals surface area contributed by atoms with Crippen molar-refractivity contribution in [2.24, 2.45) is 0 Å². The molecule has 150 valence electrons. The topological polar surface area (TPSA) is 45.5 Å². The minimum Gasteiger partial charge on any atom is -0.425 e. The SMILES string of the molecule is CN(C)c1ccc(-c2cc(-c3ccccc3)c(-c3ccc(Br)cc3)c(=O)n2O)cc1. The molecule has 0 spiro atoms. The van der Waals surface area contributed by atoms with E-state index in [4.69, 9.17) is 0 Å². The number of hydrogen-bond acceptors (Lipinski definition) is 3. The van der Waals surface area contributed by atoms with Crippen LogP contribution in [-0.2, 0) is 0 Å². The summed E-state index contributed by atoms with van der Waals surface area (Å²) in [6, 6.07) is 26.9. The Morgan fingerprint density at radius 2 is 1.40 bits per heavy atom. The second-order valence-corrected chi connectivity index (χ2v) is 8.17. The molecule has 0 saturated heterocycles. The summed E-state index contributed by atoms with van der Waals surface area (Å²) in [5, 5.41) is 10.8. The molecule has 3 aromatic carbocycles. The van der Waals surface area contributed by atoms with E-state index < -0.39 is 5.56 Å². The molecular formula is C25H21BrN2O2. The summed E-state index contributed by atoms with van der Waals surface area (Å²) in [5.74, 6) is 0. The number of nitrogens with zero attached hydrogens (tertiary/aromatic N) is 2. The van der Waals surface area contributed by atoms with Crippen molar-refractivity contribution < 1.29 is 5.21 Å². The summed E-state index contributed by atoms with van der Waals surface area (Å²) in [4.78, 5) is 15.3. The summed E-state index contributed by atoms with van der Waals surface area (Å²) < 4.78 is 1.67. The van der Waals surface area contributed by atoms with Gasteiger partial charge in [-0.3, -0.25) is 4.79 Å². The maximum Gasteiger partial charge on any atom is 0.291 e. The van der Waals surface area contributed by atoms with E-state index in [1.54, 1.807) is 0 Å². The Hall–Kier alpha value is -3.31. The molecule has 0 amide bonds. The van der Waals surface area contributed by atoms with Gasteiger partial charge in [0.2, 0.25) is 0 Å². The molecule has 0 aliphatic heterocycles. The third-order valence-corrected chi connectivity index (χ3v) is 5.61.